The van der Waals surface area contributed by atoms with Gasteiger partial charge in [0.25, 0.3) is 10.0 Å². The number of hydrogen-bond acceptors (Lipinski definition) is 4. The monoisotopic (exact) mass is 259 g/mol. The quantitative estimate of drug-likeness (QED) is 0.910. The second kappa shape index (κ2) is 4.85. The smallest absolute Gasteiger partial charge is 0.263 e. The summed E-state index contributed by atoms with van der Waals surface area (Å²) in [5.74, 6) is 0.179. The molecule has 1 heterocycles. The molecule has 0 spiro atoms. The van der Waals surface area contributed by atoms with E-state index < -0.39 is 10.0 Å². The minimum atomic E-state index is -3.63. The molecule has 0 aliphatic rings. The van der Waals surface area contributed by atoms with Gasteiger partial charge in [0, 0.05) is 6.20 Å². The summed E-state index contributed by atoms with van der Waals surface area (Å²) in [6, 6.07) is 12.8. The first-order valence-electron chi connectivity index (χ1n) is 5.06. The molecule has 6 heteroatoms. The van der Waals surface area contributed by atoms with Gasteiger partial charge in [-0.25, -0.2) is 13.4 Å². The average Bonchev–Trinajstić information content (AvgIpc) is 2.40. The fourth-order valence-electron chi connectivity index (χ4n) is 1.32. The number of rotatable bonds is 3. The summed E-state index contributed by atoms with van der Waals surface area (Å²) in [5, 5.41) is 8.61. The van der Waals surface area contributed by atoms with Crippen molar-refractivity contribution in [2.24, 2.45) is 0 Å². The number of pyridine rings is 1. The Labute approximate surface area is 105 Å². The molecule has 0 aliphatic heterocycles. The van der Waals surface area contributed by atoms with E-state index in [2.05, 4.69) is 9.71 Å². The van der Waals surface area contributed by atoms with E-state index in [0.29, 0.717) is 5.56 Å². The maximum atomic E-state index is 11.9. The van der Waals surface area contributed by atoms with E-state index >= 15 is 0 Å². The van der Waals surface area contributed by atoms with Gasteiger partial charge in [-0.2, -0.15) is 5.26 Å². The Morgan fingerprint density at radius 1 is 1.11 bits per heavy atom. The van der Waals surface area contributed by atoms with Gasteiger partial charge in [0.05, 0.1) is 10.5 Å². The molecule has 1 N–H and O–H groups in total. The van der Waals surface area contributed by atoms with Gasteiger partial charge < -0.3 is 0 Å². The molecule has 2 rings (SSSR count). The summed E-state index contributed by atoms with van der Waals surface area (Å²) in [4.78, 5) is 4.01. The van der Waals surface area contributed by atoms with Crippen LogP contribution in [0.2, 0.25) is 0 Å². The van der Waals surface area contributed by atoms with Crippen LogP contribution in [0.15, 0.2) is 53.6 Å². The lowest BCUT2D eigenvalue weighted by molar-refractivity contribution is 0.601. The van der Waals surface area contributed by atoms with Gasteiger partial charge in [-0.05, 0) is 24.3 Å². The number of aromatic nitrogens is 1. The van der Waals surface area contributed by atoms with Crippen LogP contribution in [0.5, 0.6) is 0 Å². The van der Waals surface area contributed by atoms with Crippen LogP contribution in [0.4, 0.5) is 5.82 Å². The van der Waals surface area contributed by atoms with E-state index in [1.807, 2.05) is 6.07 Å². The minimum absolute atomic E-state index is 0.163. The third-order valence-corrected chi connectivity index (χ3v) is 3.56. The highest BCUT2D eigenvalue weighted by atomic mass is 32.2. The van der Waals surface area contributed by atoms with Gasteiger partial charge in [-0.1, -0.05) is 18.2 Å². The van der Waals surface area contributed by atoms with Crippen molar-refractivity contribution in [2.45, 2.75) is 4.90 Å². The Morgan fingerprint density at radius 3 is 2.39 bits per heavy atom. The van der Waals surface area contributed by atoms with Gasteiger partial charge in [-0.15, -0.1) is 0 Å². The van der Waals surface area contributed by atoms with Crippen LogP contribution < -0.4 is 4.72 Å². The lowest BCUT2D eigenvalue weighted by atomic mass is 10.3. The zero-order valence-electron chi connectivity index (χ0n) is 9.24. The number of anilines is 1. The molecule has 0 amide bonds. The van der Waals surface area contributed by atoms with Crippen LogP contribution in [-0.2, 0) is 10.0 Å². The molecule has 1 aromatic heterocycles. The number of nitrogens with one attached hydrogen (secondary N) is 1. The van der Waals surface area contributed by atoms with Crippen LogP contribution in [0.25, 0.3) is 0 Å². The Morgan fingerprint density at radius 2 is 1.83 bits per heavy atom. The fraction of sp³-hybridized carbons (Fsp3) is 0. The fourth-order valence-corrected chi connectivity index (χ4v) is 2.35. The lowest BCUT2D eigenvalue weighted by Gasteiger charge is -2.06. The molecule has 0 saturated carbocycles. The molecule has 90 valence electrons. The van der Waals surface area contributed by atoms with Crippen LogP contribution in [0, 0.1) is 11.3 Å². The first kappa shape index (κ1) is 12.1. The second-order valence-electron chi connectivity index (χ2n) is 3.46. The topological polar surface area (TPSA) is 82.9 Å². The first-order valence-corrected chi connectivity index (χ1v) is 6.54. The standard InChI is InChI=1S/C12H9N3O2S/c13-8-10-6-7-12(14-9-10)15-18(16,17)11-4-2-1-3-5-11/h1-7,9H,(H,14,15). The zero-order valence-corrected chi connectivity index (χ0v) is 10.1. The Balaban J connectivity index is 2.26. The number of benzene rings is 1. The average molecular weight is 259 g/mol. The van der Waals surface area contributed by atoms with Crippen molar-refractivity contribution in [1.29, 1.82) is 5.26 Å². The highest BCUT2D eigenvalue weighted by Crippen LogP contribution is 2.13. The van der Waals surface area contributed by atoms with Gasteiger partial charge in [0.15, 0.2) is 0 Å². The van der Waals surface area contributed by atoms with Gasteiger partial charge in [0.2, 0.25) is 0 Å². The summed E-state index contributed by atoms with van der Waals surface area (Å²) in [6.45, 7) is 0. The number of sulfonamides is 1. The molecule has 0 saturated heterocycles. The Hall–Kier alpha value is -2.39. The molecule has 18 heavy (non-hydrogen) atoms. The maximum Gasteiger partial charge on any atom is 0.263 e. The predicted molar refractivity (Wildman–Crippen MR) is 66.2 cm³/mol. The van der Waals surface area contributed by atoms with E-state index in [1.54, 1.807) is 18.2 Å². The number of nitrogens with zero attached hydrogens (tertiary/aromatic N) is 2. The third kappa shape index (κ3) is 2.64. The molecule has 0 bridgehead atoms. The molecule has 1 aromatic carbocycles. The molecule has 2 aromatic rings. The third-order valence-electron chi connectivity index (χ3n) is 2.19. The minimum Gasteiger partial charge on any atom is -0.263 e. The molecule has 0 atom stereocenters. The van der Waals surface area contributed by atoms with Gasteiger partial charge in [0.1, 0.15) is 11.9 Å². The summed E-state index contributed by atoms with van der Waals surface area (Å²) >= 11 is 0. The van der Waals surface area contributed by atoms with Gasteiger partial charge >= 0.3 is 0 Å². The summed E-state index contributed by atoms with van der Waals surface area (Å²) < 4.78 is 26.2. The second-order valence-corrected chi connectivity index (χ2v) is 5.14. The highest BCUT2D eigenvalue weighted by Gasteiger charge is 2.13. The van der Waals surface area contributed by atoms with Crippen molar-refractivity contribution in [2.75, 3.05) is 4.72 Å². The molecule has 0 radical (unpaired) electrons. The molecule has 0 unspecified atom stereocenters. The van der Waals surface area contributed by atoms with E-state index in [-0.39, 0.29) is 10.7 Å². The molecular weight excluding hydrogens is 250 g/mol. The van der Waals surface area contributed by atoms with Crippen LogP contribution in [0.1, 0.15) is 5.56 Å². The summed E-state index contributed by atoms with van der Waals surface area (Å²) in [7, 11) is -3.63. The molecule has 5 nitrogen and oxygen atoms in total. The number of hydrogen-bond donors (Lipinski definition) is 1. The largest absolute Gasteiger partial charge is 0.263 e. The van der Waals surface area contributed by atoms with Gasteiger partial charge in [-0.3, -0.25) is 4.72 Å². The summed E-state index contributed by atoms with van der Waals surface area (Å²) in [6.07, 6.45) is 1.31. The molecule has 0 aliphatic carbocycles. The SMILES string of the molecule is N#Cc1ccc(NS(=O)(=O)c2ccccc2)nc1. The van der Waals surface area contributed by atoms with Crippen molar-refractivity contribution in [3.05, 3.63) is 54.2 Å². The normalized spacial score (nSPS) is 10.6. The lowest BCUT2D eigenvalue weighted by Crippen LogP contribution is -2.13. The number of nitriles is 1. The van der Waals surface area contributed by atoms with Crippen molar-refractivity contribution in [1.82, 2.24) is 4.98 Å². The maximum absolute atomic E-state index is 11.9. The molecule has 0 fully saturated rings. The van der Waals surface area contributed by atoms with Crippen LogP contribution in [-0.4, -0.2) is 13.4 Å². The summed E-state index contributed by atoms with van der Waals surface area (Å²) in [5.41, 5.74) is 0.373. The predicted octanol–water partition coefficient (Wildman–Crippen LogP) is 1.75. The van der Waals surface area contributed by atoms with Crippen molar-refractivity contribution < 1.29 is 8.42 Å². The first-order chi connectivity index (χ1) is 8.62. The van der Waals surface area contributed by atoms with Crippen LogP contribution >= 0.6 is 0 Å². The van der Waals surface area contributed by atoms with Crippen molar-refractivity contribution in [3.8, 4) is 6.07 Å². The Bertz CT molecular complexity index is 674. The van der Waals surface area contributed by atoms with Crippen molar-refractivity contribution in [3.63, 3.8) is 0 Å². The molecular formula is C12H9N3O2S. The van der Waals surface area contributed by atoms with E-state index in [1.165, 1.54) is 30.5 Å². The van der Waals surface area contributed by atoms with Crippen LogP contribution in [0.3, 0.4) is 0 Å². The van der Waals surface area contributed by atoms with E-state index in [0.717, 1.165) is 0 Å². The zero-order chi connectivity index (χ0) is 13.0. The Kier molecular flexibility index (Phi) is 3.26. The van der Waals surface area contributed by atoms with E-state index in [9.17, 15) is 8.42 Å². The van der Waals surface area contributed by atoms with E-state index in [4.69, 9.17) is 5.26 Å². The van der Waals surface area contributed by atoms with Crippen molar-refractivity contribution >= 4 is 15.8 Å². The highest BCUT2D eigenvalue weighted by molar-refractivity contribution is 7.92.